The lowest BCUT2D eigenvalue weighted by molar-refractivity contribution is 0.101. The lowest BCUT2D eigenvalue weighted by Gasteiger charge is -1.93. The topological polar surface area (TPSA) is 37.0 Å². The molecule has 0 N–H and O–H groups in total. The summed E-state index contributed by atoms with van der Waals surface area (Å²) >= 11 is 0. The standard InChI is InChI=1S/C8H7O2/c1-6(9)7-4-2-3-5-8(7)10/h2-5H,1H3. The van der Waals surface area contributed by atoms with Crippen LogP contribution in [0.25, 0.3) is 0 Å². The Labute approximate surface area is 59.1 Å². The highest BCUT2D eigenvalue weighted by molar-refractivity contribution is 5.96. The van der Waals surface area contributed by atoms with Crippen molar-refractivity contribution in [2.75, 3.05) is 0 Å². The van der Waals surface area contributed by atoms with E-state index in [0.29, 0.717) is 0 Å². The fourth-order valence-electron chi connectivity index (χ4n) is 0.757. The molecule has 0 aliphatic rings. The molecule has 0 saturated heterocycles. The van der Waals surface area contributed by atoms with Crippen molar-refractivity contribution in [3.8, 4) is 5.75 Å². The first-order valence-corrected chi connectivity index (χ1v) is 2.99. The van der Waals surface area contributed by atoms with E-state index in [1.54, 1.807) is 12.1 Å². The molecule has 1 radical (unpaired) electrons. The first-order chi connectivity index (χ1) is 4.72. The molecular weight excluding hydrogens is 128 g/mol. The molecule has 0 aliphatic carbocycles. The summed E-state index contributed by atoms with van der Waals surface area (Å²) in [4.78, 5) is 10.7. The van der Waals surface area contributed by atoms with Gasteiger partial charge in [-0.1, -0.05) is 12.1 Å². The highest BCUT2D eigenvalue weighted by Gasteiger charge is 2.04. The zero-order chi connectivity index (χ0) is 7.56. The Morgan fingerprint density at radius 2 is 1.90 bits per heavy atom. The maximum atomic E-state index is 10.8. The minimum absolute atomic E-state index is 0.175. The SMILES string of the molecule is CC(=O)c1ccccc1[O]. The van der Waals surface area contributed by atoms with Crippen molar-refractivity contribution >= 4 is 5.78 Å². The average molecular weight is 135 g/mol. The van der Waals surface area contributed by atoms with Crippen LogP contribution in [-0.2, 0) is 5.11 Å². The van der Waals surface area contributed by atoms with E-state index < -0.39 is 0 Å². The predicted molar refractivity (Wildman–Crippen MR) is 36.6 cm³/mol. The second-order valence-electron chi connectivity index (χ2n) is 2.05. The van der Waals surface area contributed by atoms with Crippen molar-refractivity contribution in [2.45, 2.75) is 6.92 Å². The molecule has 0 bridgehead atoms. The Hall–Kier alpha value is -1.31. The molecule has 2 heteroatoms. The van der Waals surface area contributed by atoms with Gasteiger partial charge in [-0.15, -0.1) is 0 Å². The quantitative estimate of drug-likeness (QED) is 0.543. The van der Waals surface area contributed by atoms with E-state index >= 15 is 0 Å². The first kappa shape index (κ1) is 6.81. The lowest BCUT2D eigenvalue weighted by Crippen LogP contribution is -1.90. The molecule has 0 atom stereocenters. The van der Waals surface area contributed by atoms with Gasteiger partial charge in [-0.3, -0.25) is 9.90 Å². The Balaban J connectivity index is 3.15. The minimum Gasteiger partial charge on any atom is -0.294 e. The van der Waals surface area contributed by atoms with Gasteiger partial charge in [0.25, 0.3) is 0 Å². The van der Waals surface area contributed by atoms with Gasteiger partial charge >= 0.3 is 0 Å². The maximum absolute atomic E-state index is 10.8. The molecule has 51 valence electrons. The number of Topliss-reactive ketones (excluding diaryl/α,β-unsaturated/α-hetero) is 1. The van der Waals surface area contributed by atoms with E-state index in [-0.39, 0.29) is 17.1 Å². The van der Waals surface area contributed by atoms with Crippen molar-refractivity contribution in [3.63, 3.8) is 0 Å². The molecule has 1 aromatic carbocycles. The zero-order valence-corrected chi connectivity index (χ0v) is 5.63. The molecule has 2 nitrogen and oxygen atoms in total. The van der Waals surface area contributed by atoms with Crippen LogP contribution in [0.5, 0.6) is 5.75 Å². The number of para-hydroxylation sites is 1. The summed E-state index contributed by atoms with van der Waals surface area (Å²) in [6.07, 6.45) is 0. The summed E-state index contributed by atoms with van der Waals surface area (Å²) in [5, 5.41) is 10.8. The molecule has 0 amide bonds. The highest BCUT2D eigenvalue weighted by atomic mass is 16.3. The summed E-state index contributed by atoms with van der Waals surface area (Å²) in [6.45, 7) is 1.39. The predicted octanol–water partition coefficient (Wildman–Crippen LogP) is 2.03. The number of benzene rings is 1. The Bertz CT molecular complexity index is 253. The second kappa shape index (κ2) is 2.52. The molecule has 0 heterocycles. The van der Waals surface area contributed by atoms with Crippen LogP contribution in [0.3, 0.4) is 0 Å². The Morgan fingerprint density at radius 3 is 2.30 bits per heavy atom. The normalized spacial score (nSPS) is 9.30. The van der Waals surface area contributed by atoms with Crippen LogP contribution >= 0.6 is 0 Å². The number of carbonyl (C=O) groups excluding carboxylic acids is 1. The molecule has 1 aromatic rings. The van der Waals surface area contributed by atoms with E-state index in [1.807, 2.05) is 0 Å². The van der Waals surface area contributed by atoms with Crippen molar-refractivity contribution in [1.82, 2.24) is 0 Å². The molecule has 0 fully saturated rings. The average Bonchev–Trinajstić information content (AvgIpc) is 1.88. The van der Waals surface area contributed by atoms with Crippen molar-refractivity contribution < 1.29 is 9.90 Å². The number of hydrogen-bond acceptors (Lipinski definition) is 1. The number of carbonyl (C=O) groups is 1. The molecule has 10 heavy (non-hydrogen) atoms. The maximum Gasteiger partial charge on any atom is 0.189 e. The van der Waals surface area contributed by atoms with E-state index in [1.165, 1.54) is 19.1 Å². The molecule has 0 spiro atoms. The van der Waals surface area contributed by atoms with Gasteiger partial charge in [0.2, 0.25) is 0 Å². The van der Waals surface area contributed by atoms with Gasteiger partial charge in [0.05, 0.1) is 5.56 Å². The summed E-state index contributed by atoms with van der Waals surface area (Å²) < 4.78 is 0. The van der Waals surface area contributed by atoms with Crippen molar-refractivity contribution in [1.29, 1.82) is 0 Å². The van der Waals surface area contributed by atoms with Gasteiger partial charge < -0.3 is 0 Å². The third kappa shape index (κ3) is 1.16. The van der Waals surface area contributed by atoms with Crippen LogP contribution in [0.4, 0.5) is 0 Å². The van der Waals surface area contributed by atoms with E-state index in [0.717, 1.165) is 0 Å². The monoisotopic (exact) mass is 135 g/mol. The Kier molecular flexibility index (Phi) is 1.71. The van der Waals surface area contributed by atoms with E-state index in [2.05, 4.69) is 0 Å². The second-order valence-corrected chi connectivity index (χ2v) is 2.05. The van der Waals surface area contributed by atoms with Gasteiger partial charge in [-0.25, -0.2) is 0 Å². The summed E-state index contributed by atoms with van der Waals surface area (Å²) in [6, 6.07) is 6.22. The fraction of sp³-hybridized carbons (Fsp3) is 0.125. The third-order valence-electron chi connectivity index (χ3n) is 1.27. The van der Waals surface area contributed by atoms with Crippen molar-refractivity contribution in [2.24, 2.45) is 0 Å². The molecular formula is C8H7O2. The van der Waals surface area contributed by atoms with Gasteiger partial charge in [0.15, 0.2) is 11.5 Å². The lowest BCUT2D eigenvalue weighted by atomic mass is 10.1. The largest absolute Gasteiger partial charge is 0.294 e. The van der Waals surface area contributed by atoms with Crippen LogP contribution in [-0.4, -0.2) is 5.78 Å². The van der Waals surface area contributed by atoms with Crippen LogP contribution in [0.1, 0.15) is 17.3 Å². The van der Waals surface area contributed by atoms with Crippen LogP contribution in [0.15, 0.2) is 24.3 Å². The Morgan fingerprint density at radius 1 is 1.30 bits per heavy atom. The van der Waals surface area contributed by atoms with Crippen LogP contribution in [0.2, 0.25) is 0 Å². The number of rotatable bonds is 1. The van der Waals surface area contributed by atoms with Crippen molar-refractivity contribution in [3.05, 3.63) is 29.8 Å². The third-order valence-corrected chi connectivity index (χ3v) is 1.27. The highest BCUT2D eigenvalue weighted by Crippen LogP contribution is 2.16. The van der Waals surface area contributed by atoms with E-state index in [9.17, 15) is 9.90 Å². The first-order valence-electron chi connectivity index (χ1n) is 2.99. The molecule has 0 saturated carbocycles. The number of ketones is 1. The van der Waals surface area contributed by atoms with Gasteiger partial charge in [-0.05, 0) is 19.1 Å². The van der Waals surface area contributed by atoms with Gasteiger partial charge in [-0.2, -0.15) is 0 Å². The molecule has 0 aliphatic heterocycles. The summed E-state index contributed by atoms with van der Waals surface area (Å²) in [7, 11) is 0. The fourth-order valence-corrected chi connectivity index (χ4v) is 0.757. The zero-order valence-electron chi connectivity index (χ0n) is 5.63. The minimum atomic E-state index is -0.199. The van der Waals surface area contributed by atoms with Gasteiger partial charge in [0, 0.05) is 0 Å². The molecule has 0 aromatic heterocycles. The molecule has 0 unspecified atom stereocenters. The summed E-state index contributed by atoms with van der Waals surface area (Å²) in [5.74, 6) is -0.374. The van der Waals surface area contributed by atoms with Gasteiger partial charge in [0.1, 0.15) is 0 Å². The van der Waals surface area contributed by atoms with Crippen LogP contribution < -0.4 is 0 Å². The van der Waals surface area contributed by atoms with E-state index in [4.69, 9.17) is 0 Å². The smallest absolute Gasteiger partial charge is 0.189 e. The molecule has 1 rings (SSSR count). The number of hydrogen-bond donors (Lipinski definition) is 0. The summed E-state index contributed by atoms with van der Waals surface area (Å²) in [5.41, 5.74) is 0.266. The van der Waals surface area contributed by atoms with Crippen LogP contribution in [0, 0.1) is 0 Å².